The van der Waals surface area contributed by atoms with Gasteiger partial charge >= 0.3 is 6.18 Å². The van der Waals surface area contributed by atoms with Crippen molar-refractivity contribution in [2.75, 3.05) is 0 Å². The minimum Gasteiger partial charge on any atom is -0.166 e. The highest BCUT2D eigenvalue weighted by Crippen LogP contribution is 2.38. The van der Waals surface area contributed by atoms with E-state index in [1.165, 1.54) is 24.3 Å². The molecule has 0 saturated heterocycles. The van der Waals surface area contributed by atoms with Crippen molar-refractivity contribution in [1.29, 1.82) is 0 Å². The van der Waals surface area contributed by atoms with E-state index in [1.54, 1.807) is 0 Å². The van der Waals surface area contributed by atoms with E-state index in [0.717, 1.165) is 6.07 Å². The normalized spacial score (nSPS) is 11.8. The smallest absolute Gasteiger partial charge is 0.166 e. The Morgan fingerprint density at radius 2 is 1.48 bits per heavy atom. The summed E-state index contributed by atoms with van der Waals surface area (Å²) in [6, 6.07) is 6.60. The molecule has 0 saturated carbocycles. The molecule has 0 radical (unpaired) electrons. The molecule has 2 aromatic carbocycles. The molecular formula is C14H7Cl4F3. The Bertz CT molecular complexity index is 681. The lowest BCUT2D eigenvalue weighted by atomic mass is 9.99. The van der Waals surface area contributed by atoms with E-state index < -0.39 is 11.7 Å². The van der Waals surface area contributed by atoms with Gasteiger partial charge in [-0.2, -0.15) is 13.2 Å². The first-order valence-corrected chi connectivity index (χ1v) is 7.32. The Hall–Kier alpha value is -0.610. The third-order valence-electron chi connectivity index (χ3n) is 2.88. The lowest BCUT2D eigenvalue weighted by molar-refractivity contribution is -0.138. The molecule has 2 rings (SSSR count). The molecule has 0 atom stereocenters. The van der Waals surface area contributed by atoms with Gasteiger partial charge < -0.3 is 0 Å². The van der Waals surface area contributed by atoms with Gasteiger partial charge in [0.2, 0.25) is 0 Å². The van der Waals surface area contributed by atoms with E-state index in [2.05, 4.69) is 0 Å². The first kappa shape index (κ1) is 16.8. The Labute approximate surface area is 139 Å². The Balaban J connectivity index is 2.59. The van der Waals surface area contributed by atoms with Crippen LogP contribution >= 0.6 is 46.4 Å². The fourth-order valence-electron chi connectivity index (χ4n) is 1.89. The molecule has 0 aliphatic heterocycles. The van der Waals surface area contributed by atoms with Gasteiger partial charge in [0.05, 0.1) is 15.6 Å². The molecule has 0 amide bonds. The third-order valence-corrected chi connectivity index (χ3v) is 4.20. The fraction of sp³-hybridized carbons (Fsp3) is 0.143. The Morgan fingerprint density at radius 3 is 2.05 bits per heavy atom. The van der Waals surface area contributed by atoms with Gasteiger partial charge in [-0.15, -0.1) is 11.6 Å². The number of hydrogen-bond donors (Lipinski definition) is 0. The predicted molar refractivity (Wildman–Crippen MR) is 81.5 cm³/mol. The van der Waals surface area contributed by atoms with Crippen molar-refractivity contribution in [2.45, 2.75) is 12.1 Å². The zero-order valence-corrected chi connectivity index (χ0v) is 13.3. The van der Waals surface area contributed by atoms with Crippen molar-refractivity contribution < 1.29 is 13.2 Å². The Kier molecular flexibility index (Phi) is 4.99. The molecule has 0 N–H and O–H groups in total. The van der Waals surface area contributed by atoms with Crippen LogP contribution in [0, 0.1) is 0 Å². The van der Waals surface area contributed by atoms with E-state index in [9.17, 15) is 13.2 Å². The first-order valence-electron chi connectivity index (χ1n) is 5.65. The van der Waals surface area contributed by atoms with Gasteiger partial charge in [0.25, 0.3) is 0 Å². The van der Waals surface area contributed by atoms with Crippen LogP contribution in [0.2, 0.25) is 15.1 Å². The molecule has 0 aliphatic carbocycles. The number of halogens is 7. The van der Waals surface area contributed by atoms with Crippen LogP contribution in [-0.2, 0) is 12.1 Å². The summed E-state index contributed by atoms with van der Waals surface area (Å²) in [6.45, 7) is 0. The van der Waals surface area contributed by atoms with Crippen LogP contribution in [0.25, 0.3) is 11.1 Å². The molecular weight excluding hydrogens is 367 g/mol. The highest BCUT2D eigenvalue weighted by atomic mass is 35.5. The molecule has 0 nitrogen and oxygen atoms in total. The molecule has 21 heavy (non-hydrogen) atoms. The van der Waals surface area contributed by atoms with Gasteiger partial charge in [0.15, 0.2) is 0 Å². The van der Waals surface area contributed by atoms with Crippen LogP contribution in [0.1, 0.15) is 11.1 Å². The predicted octanol–water partition coefficient (Wildman–Crippen LogP) is 7.07. The highest BCUT2D eigenvalue weighted by molar-refractivity contribution is 6.44. The standard InChI is InChI=1S/C14H7Cl4F3/c15-6-8-3-7(1-2-10(8)14(19,20)21)9-4-12(17)13(18)5-11(9)16/h1-5H,6H2. The van der Waals surface area contributed by atoms with Crippen molar-refractivity contribution in [2.24, 2.45) is 0 Å². The number of alkyl halides is 4. The molecule has 0 heterocycles. The second-order valence-corrected chi connectivity index (χ2v) is 5.74. The average molecular weight is 374 g/mol. The third kappa shape index (κ3) is 3.59. The van der Waals surface area contributed by atoms with E-state index >= 15 is 0 Å². The molecule has 0 spiro atoms. The van der Waals surface area contributed by atoms with E-state index in [-0.39, 0.29) is 21.5 Å². The largest absolute Gasteiger partial charge is 0.416 e. The highest BCUT2D eigenvalue weighted by Gasteiger charge is 2.33. The first-order chi connectivity index (χ1) is 9.74. The summed E-state index contributed by atoms with van der Waals surface area (Å²) in [6.07, 6.45) is -4.45. The summed E-state index contributed by atoms with van der Waals surface area (Å²) in [7, 11) is 0. The number of rotatable bonds is 2. The van der Waals surface area contributed by atoms with E-state index in [1.807, 2.05) is 0 Å². The molecule has 0 unspecified atom stereocenters. The minimum atomic E-state index is -4.45. The van der Waals surface area contributed by atoms with Crippen LogP contribution in [0.5, 0.6) is 0 Å². The van der Waals surface area contributed by atoms with Gasteiger partial charge in [-0.3, -0.25) is 0 Å². The van der Waals surface area contributed by atoms with Gasteiger partial charge in [-0.1, -0.05) is 40.9 Å². The van der Waals surface area contributed by atoms with Crippen LogP contribution in [-0.4, -0.2) is 0 Å². The second kappa shape index (κ2) is 6.25. The second-order valence-electron chi connectivity index (χ2n) is 4.25. The van der Waals surface area contributed by atoms with Gasteiger partial charge in [-0.25, -0.2) is 0 Å². The summed E-state index contributed by atoms with van der Waals surface area (Å²) in [4.78, 5) is 0. The number of benzene rings is 2. The van der Waals surface area contributed by atoms with Crippen molar-refractivity contribution in [3.63, 3.8) is 0 Å². The minimum absolute atomic E-state index is 0.0243. The zero-order valence-electron chi connectivity index (χ0n) is 10.2. The quantitative estimate of drug-likeness (QED) is 0.390. The van der Waals surface area contributed by atoms with Gasteiger partial charge in [0.1, 0.15) is 0 Å². The van der Waals surface area contributed by atoms with E-state index in [4.69, 9.17) is 46.4 Å². The maximum atomic E-state index is 12.8. The van der Waals surface area contributed by atoms with E-state index in [0.29, 0.717) is 16.1 Å². The molecule has 0 fully saturated rings. The summed E-state index contributed by atoms with van der Waals surface area (Å²) in [5.74, 6) is -0.262. The van der Waals surface area contributed by atoms with Crippen LogP contribution in [0.3, 0.4) is 0 Å². The summed E-state index contributed by atoms with van der Waals surface area (Å²) < 4.78 is 38.5. The molecule has 7 heteroatoms. The van der Waals surface area contributed by atoms with Crippen LogP contribution < -0.4 is 0 Å². The Morgan fingerprint density at radius 1 is 0.857 bits per heavy atom. The monoisotopic (exact) mass is 372 g/mol. The number of hydrogen-bond acceptors (Lipinski definition) is 0. The molecule has 0 aliphatic rings. The molecule has 2 aromatic rings. The van der Waals surface area contributed by atoms with Gasteiger partial charge in [0, 0.05) is 16.5 Å². The summed E-state index contributed by atoms with van der Waals surface area (Å²) in [5, 5.41) is 0.836. The van der Waals surface area contributed by atoms with Crippen molar-refractivity contribution >= 4 is 46.4 Å². The van der Waals surface area contributed by atoms with Gasteiger partial charge in [-0.05, 0) is 35.4 Å². The molecule has 112 valence electrons. The van der Waals surface area contributed by atoms with Crippen molar-refractivity contribution in [3.8, 4) is 11.1 Å². The average Bonchev–Trinajstić information content (AvgIpc) is 2.41. The molecule has 0 bridgehead atoms. The summed E-state index contributed by atoms with van der Waals surface area (Å²) in [5.41, 5.74) is 0.189. The maximum Gasteiger partial charge on any atom is 0.416 e. The van der Waals surface area contributed by atoms with Crippen molar-refractivity contribution in [3.05, 3.63) is 56.5 Å². The van der Waals surface area contributed by atoms with Crippen LogP contribution in [0.4, 0.5) is 13.2 Å². The fourth-order valence-corrected chi connectivity index (χ4v) is 2.77. The zero-order chi connectivity index (χ0) is 15.8. The van der Waals surface area contributed by atoms with Crippen LogP contribution in [0.15, 0.2) is 30.3 Å². The SMILES string of the molecule is FC(F)(F)c1ccc(-c2cc(Cl)c(Cl)cc2Cl)cc1CCl. The molecule has 0 aromatic heterocycles. The summed E-state index contributed by atoms with van der Waals surface area (Å²) >= 11 is 23.4. The van der Waals surface area contributed by atoms with Crippen molar-refractivity contribution in [1.82, 2.24) is 0 Å². The maximum absolute atomic E-state index is 12.8. The topological polar surface area (TPSA) is 0 Å². The lowest BCUT2D eigenvalue weighted by Crippen LogP contribution is -2.08. The lowest BCUT2D eigenvalue weighted by Gasteiger charge is -2.14.